The van der Waals surface area contributed by atoms with E-state index >= 15 is 0 Å². The van der Waals surface area contributed by atoms with Crippen molar-refractivity contribution in [3.05, 3.63) is 0 Å². The van der Waals surface area contributed by atoms with Gasteiger partial charge in [-0.3, -0.25) is 14.4 Å². The number of amides is 3. The molecule has 0 aromatic carbocycles. The van der Waals surface area contributed by atoms with Crippen molar-refractivity contribution in [1.29, 1.82) is 0 Å². The van der Waals surface area contributed by atoms with Crippen molar-refractivity contribution in [3.63, 3.8) is 0 Å². The van der Waals surface area contributed by atoms with Crippen LogP contribution in [0.15, 0.2) is 0 Å². The highest BCUT2D eigenvalue weighted by Gasteiger charge is 2.39. The molecular formula is C18H28N4O4. The fourth-order valence-electron chi connectivity index (χ4n) is 3.45. The number of terminal acetylenes is 1. The Hall–Kier alpha value is -2.11. The minimum atomic E-state index is -0.801. The van der Waals surface area contributed by atoms with E-state index in [-0.39, 0.29) is 30.4 Å². The van der Waals surface area contributed by atoms with E-state index in [0.29, 0.717) is 19.4 Å². The van der Waals surface area contributed by atoms with Gasteiger partial charge in [-0.1, -0.05) is 5.92 Å². The van der Waals surface area contributed by atoms with Crippen LogP contribution in [0.4, 0.5) is 0 Å². The number of rotatable bonds is 6. The first-order chi connectivity index (χ1) is 12.4. The Balaban J connectivity index is 2.10. The predicted octanol–water partition coefficient (Wildman–Crippen LogP) is -1.01. The molecule has 2 aliphatic rings. The van der Waals surface area contributed by atoms with Gasteiger partial charge in [0.25, 0.3) is 0 Å². The second kappa shape index (κ2) is 9.55. The molecule has 0 spiro atoms. The lowest BCUT2D eigenvalue weighted by molar-refractivity contribution is -0.149. The second-order valence-corrected chi connectivity index (χ2v) is 6.87. The van der Waals surface area contributed by atoms with Crippen molar-refractivity contribution in [2.24, 2.45) is 11.7 Å². The summed E-state index contributed by atoms with van der Waals surface area (Å²) >= 11 is 0. The lowest BCUT2D eigenvalue weighted by Gasteiger charge is -2.40. The topological polar surface area (TPSA) is 114 Å². The summed E-state index contributed by atoms with van der Waals surface area (Å²) in [5.74, 6) is 1.33. The van der Waals surface area contributed by atoms with Crippen LogP contribution in [0.5, 0.6) is 0 Å². The zero-order valence-electron chi connectivity index (χ0n) is 15.2. The van der Waals surface area contributed by atoms with Crippen molar-refractivity contribution in [2.75, 3.05) is 26.2 Å². The Morgan fingerprint density at radius 2 is 2.04 bits per heavy atom. The normalized spacial score (nSPS) is 25.2. The summed E-state index contributed by atoms with van der Waals surface area (Å²) in [6, 6.07) is -1.49. The summed E-state index contributed by atoms with van der Waals surface area (Å²) in [5.41, 5.74) is 5.23. The molecule has 8 heteroatoms. The van der Waals surface area contributed by atoms with Gasteiger partial charge < -0.3 is 26.0 Å². The molecule has 2 rings (SSSR count). The quantitative estimate of drug-likeness (QED) is 0.523. The Morgan fingerprint density at radius 1 is 1.35 bits per heavy atom. The van der Waals surface area contributed by atoms with E-state index < -0.39 is 18.0 Å². The maximum absolute atomic E-state index is 13.0. The number of nitrogens with one attached hydrogen (secondary N) is 2. The lowest BCUT2D eigenvalue weighted by atomic mass is 9.92. The average Bonchev–Trinajstić information content (AvgIpc) is 2.66. The summed E-state index contributed by atoms with van der Waals surface area (Å²) in [5, 5.41) is 5.83. The zero-order chi connectivity index (χ0) is 19.1. The number of likely N-dealkylation sites (tertiary alicyclic amines) is 1. The van der Waals surface area contributed by atoms with E-state index in [4.69, 9.17) is 16.9 Å². The number of carbonyl (C=O) groups is 3. The first kappa shape index (κ1) is 20.2. The fourth-order valence-corrected chi connectivity index (χ4v) is 3.45. The van der Waals surface area contributed by atoms with Gasteiger partial charge in [-0.15, -0.1) is 6.42 Å². The highest BCUT2D eigenvalue weighted by Crippen LogP contribution is 2.25. The van der Waals surface area contributed by atoms with E-state index in [1.165, 1.54) is 6.92 Å². The molecule has 3 atom stereocenters. The minimum Gasteiger partial charge on any atom is -0.368 e. The van der Waals surface area contributed by atoms with E-state index in [9.17, 15) is 14.4 Å². The minimum absolute atomic E-state index is 0.00576. The maximum Gasteiger partial charge on any atom is 0.243 e. The van der Waals surface area contributed by atoms with Crippen LogP contribution in [0.2, 0.25) is 0 Å². The Labute approximate surface area is 154 Å². The van der Waals surface area contributed by atoms with Crippen molar-refractivity contribution in [2.45, 2.75) is 50.8 Å². The highest BCUT2D eigenvalue weighted by molar-refractivity contribution is 5.92. The molecule has 8 nitrogen and oxygen atoms in total. The van der Waals surface area contributed by atoms with Crippen molar-refractivity contribution < 1.29 is 19.1 Å². The van der Waals surface area contributed by atoms with Crippen LogP contribution in [-0.4, -0.2) is 67.1 Å². The SMILES string of the molecule is C#CCOC1CCN(C(=O)C2CCNCC2)C(C(=O)NC(C)C(N)=O)C1. The van der Waals surface area contributed by atoms with Gasteiger partial charge in [0.15, 0.2) is 0 Å². The average molecular weight is 364 g/mol. The van der Waals surface area contributed by atoms with Gasteiger partial charge in [0, 0.05) is 18.9 Å². The molecule has 4 N–H and O–H groups in total. The van der Waals surface area contributed by atoms with Crippen LogP contribution in [0, 0.1) is 18.3 Å². The van der Waals surface area contributed by atoms with Crippen LogP contribution >= 0.6 is 0 Å². The molecule has 0 aliphatic carbocycles. The van der Waals surface area contributed by atoms with Gasteiger partial charge in [0.05, 0.1) is 6.10 Å². The van der Waals surface area contributed by atoms with Crippen LogP contribution in [0.3, 0.4) is 0 Å². The first-order valence-electron chi connectivity index (χ1n) is 9.10. The van der Waals surface area contributed by atoms with Gasteiger partial charge >= 0.3 is 0 Å². The second-order valence-electron chi connectivity index (χ2n) is 6.87. The number of carbonyl (C=O) groups excluding carboxylic acids is 3. The molecule has 2 saturated heterocycles. The van der Waals surface area contributed by atoms with Crippen LogP contribution in [0.25, 0.3) is 0 Å². The summed E-state index contributed by atoms with van der Waals surface area (Å²) < 4.78 is 5.58. The van der Waals surface area contributed by atoms with Crippen LogP contribution < -0.4 is 16.4 Å². The first-order valence-corrected chi connectivity index (χ1v) is 9.10. The van der Waals surface area contributed by atoms with Gasteiger partial charge in [0.1, 0.15) is 18.7 Å². The lowest BCUT2D eigenvalue weighted by Crippen LogP contribution is -2.58. The molecule has 2 aliphatic heterocycles. The smallest absolute Gasteiger partial charge is 0.243 e. The van der Waals surface area contributed by atoms with Crippen molar-refractivity contribution >= 4 is 17.7 Å². The molecule has 0 radical (unpaired) electrons. The Morgan fingerprint density at radius 3 is 2.65 bits per heavy atom. The number of nitrogens with two attached hydrogens (primary N) is 1. The maximum atomic E-state index is 13.0. The number of primary amides is 1. The van der Waals surface area contributed by atoms with Crippen molar-refractivity contribution in [1.82, 2.24) is 15.5 Å². The molecule has 3 amide bonds. The van der Waals surface area contributed by atoms with Crippen molar-refractivity contribution in [3.8, 4) is 12.3 Å². The Bertz CT molecular complexity index is 568. The third-order valence-corrected chi connectivity index (χ3v) is 5.02. The fraction of sp³-hybridized carbons (Fsp3) is 0.722. The van der Waals surface area contributed by atoms with E-state index in [1.54, 1.807) is 4.90 Å². The molecule has 0 saturated carbocycles. The zero-order valence-corrected chi connectivity index (χ0v) is 15.2. The van der Waals surface area contributed by atoms with E-state index in [2.05, 4.69) is 16.6 Å². The number of hydrogen-bond donors (Lipinski definition) is 3. The molecule has 2 heterocycles. The molecule has 0 aromatic heterocycles. The monoisotopic (exact) mass is 364 g/mol. The number of piperidine rings is 2. The van der Waals surface area contributed by atoms with Gasteiger partial charge in [-0.25, -0.2) is 0 Å². The third kappa shape index (κ3) is 5.19. The summed E-state index contributed by atoms with van der Waals surface area (Å²) in [6.45, 7) is 3.72. The Kier molecular flexibility index (Phi) is 7.42. The highest BCUT2D eigenvalue weighted by atomic mass is 16.5. The standard InChI is InChI=1S/C18H28N4O4/c1-3-10-26-14-6-9-22(18(25)13-4-7-20-8-5-13)15(11-14)17(24)21-12(2)16(19)23/h1,12-15,20H,4-11H2,2H3,(H2,19,23)(H,21,24). The largest absolute Gasteiger partial charge is 0.368 e. The molecule has 2 fully saturated rings. The molecule has 0 aromatic rings. The summed E-state index contributed by atoms with van der Waals surface area (Å²) in [6.07, 6.45) is 7.56. The molecule has 0 bridgehead atoms. The predicted molar refractivity (Wildman–Crippen MR) is 95.7 cm³/mol. The molecule has 26 heavy (non-hydrogen) atoms. The molecule has 3 unspecified atom stereocenters. The summed E-state index contributed by atoms with van der Waals surface area (Å²) in [7, 11) is 0. The summed E-state index contributed by atoms with van der Waals surface area (Å²) in [4.78, 5) is 38.6. The molecular weight excluding hydrogens is 336 g/mol. The van der Waals surface area contributed by atoms with Gasteiger partial charge in [-0.2, -0.15) is 0 Å². The third-order valence-electron chi connectivity index (χ3n) is 5.02. The van der Waals surface area contributed by atoms with E-state index in [1.807, 2.05) is 0 Å². The van der Waals surface area contributed by atoms with Crippen LogP contribution in [0.1, 0.15) is 32.6 Å². The van der Waals surface area contributed by atoms with Gasteiger partial charge in [-0.05, 0) is 39.3 Å². The number of hydrogen-bond acceptors (Lipinski definition) is 5. The van der Waals surface area contributed by atoms with E-state index in [0.717, 1.165) is 25.9 Å². The number of nitrogens with zero attached hydrogens (tertiary/aromatic N) is 1. The van der Waals surface area contributed by atoms with Crippen LogP contribution in [-0.2, 0) is 19.1 Å². The van der Waals surface area contributed by atoms with Gasteiger partial charge in [0.2, 0.25) is 17.7 Å². The molecule has 144 valence electrons. The number of ether oxygens (including phenoxy) is 1.